The molecule has 0 atom stereocenters. The van der Waals surface area contributed by atoms with Gasteiger partial charge < -0.3 is 14.5 Å². The van der Waals surface area contributed by atoms with Gasteiger partial charge in [-0.15, -0.1) is 22.7 Å². The fourth-order valence-corrected chi connectivity index (χ4v) is 12.3. The Hall–Kier alpha value is -6.67. The van der Waals surface area contributed by atoms with Crippen molar-refractivity contribution < 1.29 is 0 Å². The number of thiophene rings is 2. The van der Waals surface area contributed by atoms with E-state index in [9.17, 15) is 0 Å². The topological polar surface area (TPSA) is 34.8 Å². The third kappa shape index (κ3) is 5.20. The second kappa shape index (κ2) is 12.7. The highest BCUT2D eigenvalue weighted by Crippen LogP contribution is 2.45. The Labute approximate surface area is 361 Å². The van der Waals surface area contributed by atoms with Gasteiger partial charge in [-0.1, -0.05) is 117 Å². The van der Waals surface area contributed by atoms with Gasteiger partial charge in [-0.3, -0.25) is 0 Å². The predicted octanol–water partition coefficient (Wildman–Crippen LogP) is 13.5. The summed E-state index contributed by atoms with van der Waals surface area (Å²) in [5, 5.41) is 11.8. The van der Waals surface area contributed by atoms with Crippen molar-refractivity contribution >= 4 is 125 Å². The number of benzene rings is 8. The van der Waals surface area contributed by atoms with Crippen molar-refractivity contribution in [3.63, 3.8) is 0 Å². The Morgan fingerprint density at radius 2 is 1.26 bits per heavy atom. The van der Waals surface area contributed by atoms with Crippen LogP contribution in [0.3, 0.4) is 0 Å². The third-order valence-corrected chi connectivity index (χ3v) is 15.4. The molecule has 0 saturated carbocycles. The van der Waals surface area contributed by atoms with E-state index in [1.54, 1.807) is 0 Å². The van der Waals surface area contributed by atoms with E-state index in [4.69, 9.17) is 4.98 Å². The minimum atomic E-state index is 0.0820. The zero-order valence-electron chi connectivity index (χ0n) is 34.3. The average Bonchev–Trinajstić information content (AvgIpc) is 4.01. The Balaban J connectivity index is 1.10. The summed E-state index contributed by atoms with van der Waals surface area (Å²) in [6.45, 7) is 6.82. The lowest BCUT2D eigenvalue weighted by molar-refractivity contribution is 0.590. The molecule has 4 aromatic heterocycles. The minimum Gasteiger partial charge on any atom is -0.355 e. The van der Waals surface area contributed by atoms with Gasteiger partial charge in [0.15, 0.2) is 7.28 Å². The fraction of sp³-hybridized carbons (Fsp3) is 0.0926. The molecule has 0 aliphatic carbocycles. The van der Waals surface area contributed by atoms with E-state index in [1.165, 1.54) is 95.5 Å². The van der Waals surface area contributed by atoms with Crippen LogP contribution >= 0.6 is 22.7 Å². The van der Waals surface area contributed by atoms with Crippen molar-refractivity contribution in [1.29, 1.82) is 0 Å². The molecule has 0 spiro atoms. The Morgan fingerprint density at radius 3 is 2.00 bits per heavy atom. The van der Waals surface area contributed by atoms with Gasteiger partial charge in [0.05, 0.1) is 16.6 Å². The van der Waals surface area contributed by atoms with Gasteiger partial charge in [-0.2, -0.15) is 0 Å². The largest absolute Gasteiger partial charge is 0.355 e. The van der Waals surface area contributed by atoms with Crippen LogP contribution in [-0.4, -0.2) is 21.4 Å². The lowest BCUT2D eigenvalue weighted by Crippen LogP contribution is -2.37. The maximum Gasteiger partial charge on any atom is 0.198 e. The predicted molar refractivity (Wildman–Crippen MR) is 267 cm³/mol. The van der Waals surface area contributed by atoms with Crippen molar-refractivity contribution in [2.75, 3.05) is 5.32 Å². The molecule has 290 valence electrons. The van der Waals surface area contributed by atoms with Crippen LogP contribution in [0.1, 0.15) is 26.3 Å². The van der Waals surface area contributed by atoms with Crippen molar-refractivity contribution in [2.45, 2.75) is 26.2 Å². The number of hydrogen-bond donors (Lipinski definition) is 1. The first-order chi connectivity index (χ1) is 29.7. The van der Waals surface area contributed by atoms with E-state index >= 15 is 0 Å². The molecule has 13 rings (SSSR count). The Kier molecular flexibility index (Phi) is 7.30. The zero-order chi connectivity index (χ0) is 40.7. The molecule has 0 amide bonds. The molecular weight excluding hydrogens is 780 g/mol. The molecule has 8 aromatic carbocycles. The molecule has 4 nitrogen and oxygen atoms in total. The van der Waals surface area contributed by atoms with Gasteiger partial charge >= 0.3 is 0 Å². The highest BCUT2D eigenvalue weighted by Gasteiger charge is 2.29. The summed E-state index contributed by atoms with van der Waals surface area (Å²) in [7, 11) is 2.95. The van der Waals surface area contributed by atoms with E-state index in [-0.39, 0.29) is 5.41 Å². The SMILES string of the molecule is Cn1c(-c2ccccc2)nc2cc3c(cc21)-n1c2cc4sc5ccccc5c4cc2c2ccc(-c4cc5c(cc4Nc4ccc(C(C)(C)C)cc4)sc4ccccc45)c(c21)B3. The Morgan fingerprint density at radius 1 is 0.574 bits per heavy atom. The summed E-state index contributed by atoms with van der Waals surface area (Å²) in [4.78, 5) is 5.28. The van der Waals surface area contributed by atoms with Crippen LogP contribution in [0.5, 0.6) is 0 Å². The van der Waals surface area contributed by atoms with E-state index < -0.39 is 0 Å². The number of aromatic nitrogens is 3. The average molecular weight is 819 g/mol. The van der Waals surface area contributed by atoms with Crippen LogP contribution in [-0.2, 0) is 12.5 Å². The van der Waals surface area contributed by atoms with Crippen LogP contribution in [0.2, 0.25) is 0 Å². The molecule has 1 aliphatic rings. The number of aryl methyl sites for hydroxylation is 1. The van der Waals surface area contributed by atoms with Crippen molar-refractivity contribution in [3.05, 3.63) is 157 Å². The first-order valence-corrected chi connectivity index (χ1v) is 22.7. The van der Waals surface area contributed by atoms with Crippen molar-refractivity contribution in [1.82, 2.24) is 14.1 Å². The summed E-state index contributed by atoms with van der Waals surface area (Å²) >= 11 is 3.76. The maximum atomic E-state index is 5.28. The fourth-order valence-electron chi connectivity index (χ4n) is 10.0. The monoisotopic (exact) mass is 818 g/mol. The van der Waals surface area contributed by atoms with E-state index in [1.807, 2.05) is 22.7 Å². The highest BCUT2D eigenvalue weighted by molar-refractivity contribution is 7.26. The molecule has 5 heterocycles. The smallest absolute Gasteiger partial charge is 0.198 e. The Bertz CT molecular complexity index is 3800. The van der Waals surface area contributed by atoms with Crippen LogP contribution in [0.15, 0.2) is 152 Å². The van der Waals surface area contributed by atoms with Gasteiger partial charge in [-0.05, 0) is 82.7 Å². The van der Waals surface area contributed by atoms with Crippen LogP contribution in [0.4, 0.5) is 11.4 Å². The van der Waals surface area contributed by atoms with Gasteiger partial charge in [-0.25, -0.2) is 4.98 Å². The maximum absolute atomic E-state index is 5.28. The molecule has 0 bridgehead atoms. The van der Waals surface area contributed by atoms with E-state index in [0.29, 0.717) is 0 Å². The van der Waals surface area contributed by atoms with Crippen LogP contribution < -0.4 is 16.2 Å². The molecule has 61 heavy (non-hydrogen) atoms. The first-order valence-electron chi connectivity index (χ1n) is 21.0. The highest BCUT2D eigenvalue weighted by atomic mass is 32.1. The van der Waals surface area contributed by atoms with Crippen molar-refractivity contribution in [3.8, 4) is 28.2 Å². The summed E-state index contributed by atoms with van der Waals surface area (Å²) in [5.74, 6) is 0.980. The second-order valence-electron chi connectivity index (χ2n) is 17.7. The molecule has 1 aliphatic heterocycles. The number of hydrogen-bond acceptors (Lipinski definition) is 4. The lowest BCUT2D eigenvalue weighted by atomic mass is 9.59. The number of anilines is 2. The second-order valence-corrected chi connectivity index (χ2v) is 19.9. The molecule has 12 aromatic rings. The number of nitrogens with zero attached hydrogens (tertiary/aromatic N) is 3. The van der Waals surface area contributed by atoms with Gasteiger partial charge in [0, 0.05) is 91.9 Å². The molecule has 0 fully saturated rings. The van der Waals surface area contributed by atoms with Crippen molar-refractivity contribution in [2.24, 2.45) is 7.05 Å². The summed E-state index contributed by atoms with van der Waals surface area (Å²) < 4.78 is 10.1. The molecule has 7 heteroatoms. The molecule has 0 radical (unpaired) electrons. The number of imidazole rings is 1. The van der Waals surface area contributed by atoms with E-state index in [2.05, 4.69) is 194 Å². The number of rotatable bonds is 4. The lowest BCUT2D eigenvalue weighted by Gasteiger charge is -2.24. The zero-order valence-corrected chi connectivity index (χ0v) is 35.9. The summed E-state index contributed by atoms with van der Waals surface area (Å²) in [6.07, 6.45) is 0. The van der Waals surface area contributed by atoms with Gasteiger partial charge in [0.2, 0.25) is 0 Å². The first kappa shape index (κ1) is 35.1. The van der Waals surface area contributed by atoms with Crippen LogP contribution in [0.25, 0.3) is 101 Å². The van der Waals surface area contributed by atoms with Gasteiger partial charge in [0.25, 0.3) is 0 Å². The summed E-state index contributed by atoms with van der Waals surface area (Å²) in [5.41, 5.74) is 15.8. The number of nitrogens with one attached hydrogen (secondary N) is 1. The minimum absolute atomic E-state index is 0.0820. The molecule has 0 unspecified atom stereocenters. The van der Waals surface area contributed by atoms with Gasteiger partial charge in [0.1, 0.15) is 5.82 Å². The summed E-state index contributed by atoms with van der Waals surface area (Å²) in [6, 6.07) is 56.5. The van der Waals surface area contributed by atoms with E-state index in [0.717, 1.165) is 41.1 Å². The normalized spacial score (nSPS) is 12.7. The standard InChI is InChI=1S/C54H39BN4S2/c1-54(2,3)31-18-20-32(21-19-31)56-42-27-49-39(33-14-8-10-16-47(33)60-49)24-37(42)35-22-23-36-38-25-40-34-15-9-11-17-48(34)61-50(40)29-44(38)59-45-28-46-43(26-41(45)55-51(35)52(36)59)57-53(58(46)4)30-12-6-5-7-13-30/h5-29,55-56H,1-4H3. The van der Waals surface area contributed by atoms with Crippen LogP contribution in [0, 0.1) is 0 Å². The third-order valence-electron chi connectivity index (χ3n) is 13.1. The molecule has 0 saturated heterocycles. The number of fused-ring (bicyclic) bond motifs is 12. The molecule has 1 N–H and O–H groups in total. The quantitative estimate of drug-likeness (QED) is 0.180. The molecular formula is C54H39BN4S2.